The van der Waals surface area contributed by atoms with Crippen LogP contribution >= 0.6 is 0 Å². The molecule has 0 rings (SSSR count). The average molecular weight is 1170 g/mol. The van der Waals surface area contributed by atoms with Crippen molar-refractivity contribution in [3.05, 3.63) is 36.5 Å². The molecule has 0 saturated heterocycles. The Bertz CT molecular complexity index is 1380. The van der Waals surface area contributed by atoms with E-state index in [9.17, 15) is 14.4 Å². The quantitative estimate of drug-likeness (QED) is 0.0261. The summed E-state index contributed by atoms with van der Waals surface area (Å²) < 4.78 is 17.0. The van der Waals surface area contributed by atoms with Crippen molar-refractivity contribution < 1.29 is 28.6 Å². The molecule has 0 aliphatic heterocycles. The maximum Gasteiger partial charge on any atom is 0.306 e. The van der Waals surface area contributed by atoms with Crippen LogP contribution in [0.1, 0.15) is 419 Å². The third kappa shape index (κ3) is 70.3. The first-order valence-corrected chi connectivity index (χ1v) is 37.5. The first-order valence-electron chi connectivity index (χ1n) is 37.5. The van der Waals surface area contributed by atoms with Crippen LogP contribution in [0.3, 0.4) is 0 Å². The number of unbranched alkanes of at least 4 members (excludes halogenated alkanes) is 53. The number of carbonyl (C=O) groups excluding carboxylic acids is 3. The van der Waals surface area contributed by atoms with Crippen LogP contribution in [-0.4, -0.2) is 37.2 Å². The Balaban J connectivity index is 4.18. The summed E-state index contributed by atoms with van der Waals surface area (Å²) in [6.07, 6.45) is 90.4. The van der Waals surface area contributed by atoms with Gasteiger partial charge in [0, 0.05) is 19.3 Å². The minimum Gasteiger partial charge on any atom is -0.462 e. The van der Waals surface area contributed by atoms with Gasteiger partial charge in [-0.2, -0.15) is 0 Å². The minimum atomic E-state index is -0.771. The summed E-state index contributed by atoms with van der Waals surface area (Å²) in [6.45, 7) is 6.71. The van der Waals surface area contributed by atoms with E-state index in [2.05, 4.69) is 57.2 Å². The van der Waals surface area contributed by atoms with Crippen molar-refractivity contribution in [3.8, 4) is 0 Å². The maximum absolute atomic E-state index is 13.0. The smallest absolute Gasteiger partial charge is 0.306 e. The highest BCUT2D eigenvalue weighted by Gasteiger charge is 2.20. The predicted molar refractivity (Wildman–Crippen MR) is 362 cm³/mol. The molecule has 0 aromatic rings. The molecule has 0 bridgehead atoms. The predicted octanol–water partition coefficient (Wildman–Crippen LogP) is 25.9. The van der Waals surface area contributed by atoms with Gasteiger partial charge in [0.05, 0.1) is 0 Å². The van der Waals surface area contributed by atoms with Gasteiger partial charge in [-0.25, -0.2) is 0 Å². The van der Waals surface area contributed by atoms with Crippen molar-refractivity contribution in [2.24, 2.45) is 0 Å². The maximum atomic E-state index is 13.0. The molecule has 0 fully saturated rings. The Morgan fingerprint density at radius 1 is 0.241 bits per heavy atom. The van der Waals surface area contributed by atoms with Crippen LogP contribution in [0.25, 0.3) is 0 Å². The van der Waals surface area contributed by atoms with E-state index in [4.69, 9.17) is 14.2 Å². The number of esters is 3. The Morgan fingerprint density at radius 2 is 0.434 bits per heavy atom. The van der Waals surface area contributed by atoms with E-state index >= 15 is 0 Å². The van der Waals surface area contributed by atoms with E-state index in [-0.39, 0.29) is 31.1 Å². The van der Waals surface area contributed by atoms with Crippen molar-refractivity contribution in [2.75, 3.05) is 13.2 Å². The lowest BCUT2D eigenvalue weighted by Crippen LogP contribution is -2.30. The van der Waals surface area contributed by atoms with E-state index in [1.807, 2.05) is 0 Å². The van der Waals surface area contributed by atoms with Crippen LogP contribution in [0.4, 0.5) is 0 Å². The van der Waals surface area contributed by atoms with Gasteiger partial charge in [-0.05, 0) is 77.0 Å². The molecule has 6 heteroatoms. The van der Waals surface area contributed by atoms with Gasteiger partial charge in [-0.1, -0.05) is 359 Å². The minimum absolute atomic E-state index is 0.0662. The molecule has 1 atom stereocenters. The molecule has 488 valence electrons. The van der Waals surface area contributed by atoms with Gasteiger partial charge in [0.15, 0.2) is 6.10 Å². The zero-order valence-electron chi connectivity index (χ0n) is 56.2. The van der Waals surface area contributed by atoms with Gasteiger partial charge in [-0.3, -0.25) is 14.4 Å². The second-order valence-electron chi connectivity index (χ2n) is 25.6. The van der Waals surface area contributed by atoms with E-state index in [0.717, 1.165) is 64.2 Å². The van der Waals surface area contributed by atoms with Gasteiger partial charge in [0.25, 0.3) is 0 Å². The first kappa shape index (κ1) is 80.6. The lowest BCUT2D eigenvalue weighted by Gasteiger charge is -2.18. The molecule has 0 aromatic carbocycles. The topological polar surface area (TPSA) is 78.9 Å². The summed E-state index contributed by atoms with van der Waals surface area (Å²) >= 11 is 0. The molecule has 1 unspecified atom stereocenters. The summed E-state index contributed by atoms with van der Waals surface area (Å²) in [7, 11) is 0. The Morgan fingerprint density at radius 3 is 0.675 bits per heavy atom. The van der Waals surface area contributed by atoms with Crippen molar-refractivity contribution in [2.45, 2.75) is 425 Å². The van der Waals surface area contributed by atoms with Gasteiger partial charge < -0.3 is 14.2 Å². The summed E-state index contributed by atoms with van der Waals surface area (Å²) in [6, 6.07) is 0. The lowest BCUT2D eigenvalue weighted by molar-refractivity contribution is -0.167. The number of rotatable bonds is 70. The second-order valence-corrected chi connectivity index (χ2v) is 25.6. The molecule has 6 nitrogen and oxygen atoms in total. The largest absolute Gasteiger partial charge is 0.462 e. The number of ether oxygens (including phenoxy) is 3. The van der Waals surface area contributed by atoms with Crippen molar-refractivity contribution >= 4 is 17.9 Å². The highest BCUT2D eigenvalue weighted by molar-refractivity contribution is 5.71. The molecule has 0 radical (unpaired) electrons. The van der Waals surface area contributed by atoms with Crippen LogP contribution in [0.2, 0.25) is 0 Å². The highest BCUT2D eigenvalue weighted by atomic mass is 16.6. The van der Waals surface area contributed by atoms with Crippen LogP contribution in [0.15, 0.2) is 36.5 Å². The second kappa shape index (κ2) is 72.1. The standard InChI is InChI=1S/C77H144O6/c1-4-7-10-13-16-19-22-25-28-30-32-33-34-35-36-37-38-39-40-41-42-43-45-46-49-52-55-58-61-64-67-70-76(79)82-73-74(72-81-75(78)69-66-63-60-57-54-51-48-27-24-21-18-15-12-9-6-3)83-77(80)71-68-65-62-59-56-53-50-47-44-31-29-26-23-20-17-14-11-8-5-2/h22,25-26,29-30,32,74H,4-21,23-24,27-28,31,33-73H2,1-3H3/b25-22-,29-26-,32-30-. The molecule has 0 aromatic heterocycles. The summed E-state index contributed by atoms with van der Waals surface area (Å²) in [4.78, 5) is 38.5. The molecule has 0 amide bonds. The first-order chi connectivity index (χ1) is 41.0. The molecule has 0 spiro atoms. The van der Waals surface area contributed by atoms with E-state index < -0.39 is 6.10 Å². The zero-order chi connectivity index (χ0) is 59.9. The molecular weight excluding hydrogens is 1020 g/mol. The van der Waals surface area contributed by atoms with Gasteiger partial charge in [0.1, 0.15) is 13.2 Å². The van der Waals surface area contributed by atoms with Gasteiger partial charge in [-0.15, -0.1) is 0 Å². The number of hydrogen-bond donors (Lipinski definition) is 0. The molecule has 83 heavy (non-hydrogen) atoms. The van der Waals surface area contributed by atoms with Gasteiger partial charge >= 0.3 is 17.9 Å². The number of allylic oxidation sites excluding steroid dienone is 6. The fourth-order valence-corrected chi connectivity index (χ4v) is 11.5. The molecule has 0 saturated carbocycles. The average Bonchev–Trinajstić information content (AvgIpc) is 3.49. The Hall–Kier alpha value is -2.37. The van der Waals surface area contributed by atoms with Gasteiger partial charge in [0.2, 0.25) is 0 Å². The fourth-order valence-electron chi connectivity index (χ4n) is 11.5. The monoisotopic (exact) mass is 1170 g/mol. The Kier molecular flexibility index (Phi) is 70.0. The molecular formula is C77H144O6. The van der Waals surface area contributed by atoms with Crippen LogP contribution in [0, 0.1) is 0 Å². The van der Waals surface area contributed by atoms with E-state index in [0.29, 0.717) is 19.3 Å². The van der Waals surface area contributed by atoms with Crippen LogP contribution in [-0.2, 0) is 28.6 Å². The van der Waals surface area contributed by atoms with Crippen LogP contribution < -0.4 is 0 Å². The molecule has 0 aliphatic carbocycles. The van der Waals surface area contributed by atoms with Crippen molar-refractivity contribution in [3.63, 3.8) is 0 Å². The van der Waals surface area contributed by atoms with E-state index in [1.165, 1.54) is 315 Å². The molecule has 0 heterocycles. The SMILES string of the molecule is CCCCCCC/C=C\C/C=C\CCCCCCCCCCCCCCCCCCCCCC(=O)OCC(COC(=O)CCCCCCCCCCCCCCCCC)OC(=O)CCCCCCCCCCC/C=C\CCCCCCCC. The third-order valence-electron chi connectivity index (χ3n) is 17.1. The molecule has 0 aliphatic rings. The summed E-state index contributed by atoms with van der Waals surface area (Å²) in [5.41, 5.74) is 0. The summed E-state index contributed by atoms with van der Waals surface area (Å²) in [5.74, 6) is -0.834. The fraction of sp³-hybridized carbons (Fsp3) is 0.883. The Labute approximate surface area is 518 Å². The molecule has 0 N–H and O–H groups in total. The third-order valence-corrected chi connectivity index (χ3v) is 17.1. The lowest BCUT2D eigenvalue weighted by atomic mass is 10.0. The van der Waals surface area contributed by atoms with Crippen LogP contribution in [0.5, 0.6) is 0 Å². The summed E-state index contributed by atoms with van der Waals surface area (Å²) in [5, 5.41) is 0. The van der Waals surface area contributed by atoms with Crippen molar-refractivity contribution in [1.82, 2.24) is 0 Å². The zero-order valence-corrected chi connectivity index (χ0v) is 56.2. The van der Waals surface area contributed by atoms with E-state index in [1.54, 1.807) is 0 Å². The number of carbonyl (C=O) groups is 3. The normalized spacial score (nSPS) is 12.2. The highest BCUT2D eigenvalue weighted by Crippen LogP contribution is 2.19. The van der Waals surface area contributed by atoms with Crippen molar-refractivity contribution in [1.29, 1.82) is 0 Å². The number of hydrogen-bond acceptors (Lipinski definition) is 6.